The number of nitrogens with zero attached hydrogens (tertiary/aromatic N) is 3. The van der Waals surface area contributed by atoms with E-state index in [0.717, 1.165) is 44.2 Å². The van der Waals surface area contributed by atoms with Crippen LogP contribution in [-0.2, 0) is 24.3 Å². The number of ether oxygens (including phenoxy) is 2. The number of methoxy groups -OCH3 is 2. The third kappa shape index (κ3) is 5.02. The maximum Gasteiger partial charge on any atom is 0.237 e. The van der Waals surface area contributed by atoms with E-state index < -0.39 is 11.6 Å². The number of carbonyl (C=O) groups is 1. The molecule has 0 aromatic heterocycles. The van der Waals surface area contributed by atoms with Crippen molar-refractivity contribution in [3.63, 3.8) is 0 Å². The molecule has 0 bridgehead atoms. The lowest BCUT2D eigenvalue weighted by molar-refractivity contribution is -0.133. The highest BCUT2D eigenvalue weighted by Crippen LogP contribution is 2.33. The summed E-state index contributed by atoms with van der Waals surface area (Å²) in [5, 5.41) is 0. The van der Waals surface area contributed by atoms with E-state index in [0.29, 0.717) is 43.2 Å². The fraction of sp³-hybridized carbons (Fsp3) is 0.458. The summed E-state index contributed by atoms with van der Waals surface area (Å²) in [5.41, 5.74) is 2.77. The largest absolute Gasteiger partial charge is 0.493 e. The van der Waals surface area contributed by atoms with Crippen LogP contribution in [0.4, 0.5) is 8.78 Å². The number of hydrogen-bond donors (Lipinski definition) is 0. The summed E-state index contributed by atoms with van der Waals surface area (Å²) in [6.07, 6.45) is 0.790. The van der Waals surface area contributed by atoms with Crippen molar-refractivity contribution in [1.82, 2.24) is 14.7 Å². The van der Waals surface area contributed by atoms with Gasteiger partial charge in [-0.3, -0.25) is 14.6 Å². The first-order valence-corrected chi connectivity index (χ1v) is 10.9. The second-order valence-electron chi connectivity index (χ2n) is 8.33. The molecule has 0 aliphatic carbocycles. The van der Waals surface area contributed by atoms with Crippen molar-refractivity contribution in [3.8, 4) is 11.5 Å². The Labute approximate surface area is 187 Å². The van der Waals surface area contributed by atoms with Gasteiger partial charge in [-0.05, 0) is 35.7 Å². The van der Waals surface area contributed by atoms with Gasteiger partial charge in [-0.1, -0.05) is 6.07 Å². The molecule has 8 heteroatoms. The first-order valence-electron chi connectivity index (χ1n) is 10.9. The molecule has 0 atom stereocenters. The summed E-state index contributed by atoms with van der Waals surface area (Å²) in [4.78, 5) is 19.1. The Morgan fingerprint density at radius 3 is 2.22 bits per heavy atom. The molecule has 6 nitrogen and oxygen atoms in total. The minimum absolute atomic E-state index is 0.114. The van der Waals surface area contributed by atoms with E-state index in [9.17, 15) is 13.6 Å². The Hall–Kier alpha value is -2.71. The molecule has 2 aromatic carbocycles. The van der Waals surface area contributed by atoms with Crippen molar-refractivity contribution in [2.75, 3.05) is 53.5 Å². The first-order chi connectivity index (χ1) is 15.5. The number of amides is 1. The molecule has 4 rings (SSSR count). The van der Waals surface area contributed by atoms with Crippen LogP contribution in [0.1, 0.15) is 16.7 Å². The summed E-state index contributed by atoms with van der Waals surface area (Å²) in [5.74, 6) is 0.428. The van der Waals surface area contributed by atoms with Crippen LogP contribution >= 0.6 is 0 Å². The molecule has 2 aromatic rings. The number of carbonyl (C=O) groups excluding carboxylic acids is 1. The molecule has 1 saturated heterocycles. The Bertz CT molecular complexity index is 977. The number of halogens is 2. The zero-order valence-corrected chi connectivity index (χ0v) is 18.6. The van der Waals surface area contributed by atoms with Gasteiger partial charge < -0.3 is 14.4 Å². The van der Waals surface area contributed by atoms with Crippen molar-refractivity contribution in [1.29, 1.82) is 0 Å². The van der Waals surface area contributed by atoms with Crippen molar-refractivity contribution < 1.29 is 23.0 Å². The standard InChI is InChI=1S/C24H29F2N3O3/c1-31-22-11-17-5-6-29(15-19(17)12-23(22)32-2)24(30)16-28-9-7-27(8-10-28)14-18-3-4-20(25)13-21(18)26/h3-4,11-13H,5-10,14-16H2,1-2H3. The average molecular weight is 446 g/mol. The SMILES string of the molecule is COc1cc2c(cc1OC)CN(C(=O)CN1CCN(Cc3ccc(F)cc3F)CC1)CC2. The minimum Gasteiger partial charge on any atom is -0.493 e. The molecule has 2 heterocycles. The molecule has 0 unspecified atom stereocenters. The molecule has 172 valence electrons. The van der Waals surface area contributed by atoms with Gasteiger partial charge in [-0.25, -0.2) is 8.78 Å². The topological polar surface area (TPSA) is 45.3 Å². The summed E-state index contributed by atoms with van der Waals surface area (Å²) < 4.78 is 37.8. The van der Waals surface area contributed by atoms with E-state index in [1.54, 1.807) is 14.2 Å². The van der Waals surface area contributed by atoms with Crippen LogP contribution in [0.15, 0.2) is 30.3 Å². The van der Waals surface area contributed by atoms with Crippen LogP contribution < -0.4 is 9.47 Å². The second-order valence-corrected chi connectivity index (χ2v) is 8.33. The highest BCUT2D eigenvalue weighted by molar-refractivity contribution is 5.78. The molecule has 2 aliphatic rings. The van der Waals surface area contributed by atoms with Crippen LogP contribution in [0.5, 0.6) is 11.5 Å². The van der Waals surface area contributed by atoms with E-state index >= 15 is 0 Å². The van der Waals surface area contributed by atoms with Gasteiger partial charge in [-0.2, -0.15) is 0 Å². The maximum absolute atomic E-state index is 13.9. The summed E-state index contributed by atoms with van der Waals surface area (Å²) in [6.45, 7) is 5.04. The van der Waals surface area contributed by atoms with Crippen molar-refractivity contribution in [2.45, 2.75) is 19.5 Å². The van der Waals surface area contributed by atoms with Gasteiger partial charge in [0.25, 0.3) is 0 Å². The van der Waals surface area contributed by atoms with E-state index in [1.165, 1.54) is 17.7 Å². The first kappa shape index (κ1) is 22.5. The molecular formula is C24H29F2N3O3. The van der Waals surface area contributed by atoms with Crippen molar-refractivity contribution >= 4 is 5.91 Å². The van der Waals surface area contributed by atoms with Gasteiger partial charge in [0.2, 0.25) is 5.91 Å². The second kappa shape index (κ2) is 9.83. The summed E-state index contributed by atoms with van der Waals surface area (Å²) in [7, 11) is 3.24. The Kier molecular flexibility index (Phi) is 6.91. The van der Waals surface area contributed by atoms with Crippen LogP contribution in [0.25, 0.3) is 0 Å². The molecule has 1 amide bonds. The molecule has 1 fully saturated rings. The molecule has 0 N–H and O–H groups in total. The highest BCUT2D eigenvalue weighted by Gasteiger charge is 2.26. The van der Waals surface area contributed by atoms with Crippen LogP contribution in [0.2, 0.25) is 0 Å². The smallest absolute Gasteiger partial charge is 0.237 e. The van der Waals surface area contributed by atoms with Gasteiger partial charge in [0.05, 0.1) is 20.8 Å². The lowest BCUT2D eigenvalue weighted by atomic mass is 9.98. The monoisotopic (exact) mass is 445 g/mol. The van der Waals surface area contributed by atoms with E-state index in [-0.39, 0.29) is 5.91 Å². The normalized spacial score (nSPS) is 17.2. The highest BCUT2D eigenvalue weighted by atomic mass is 19.1. The van der Waals surface area contributed by atoms with Crippen LogP contribution in [0.3, 0.4) is 0 Å². The minimum atomic E-state index is -0.563. The third-order valence-corrected chi connectivity index (χ3v) is 6.30. The predicted octanol–water partition coefficient (Wildman–Crippen LogP) is 2.68. The van der Waals surface area contributed by atoms with Crippen molar-refractivity contribution in [3.05, 3.63) is 58.7 Å². The maximum atomic E-state index is 13.9. The van der Waals surface area contributed by atoms with Gasteiger partial charge >= 0.3 is 0 Å². The Morgan fingerprint density at radius 1 is 0.906 bits per heavy atom. The predicted molar refractivity (Wildman–Crippen MR) is 117 cm³/mol. The fourth-order valence-electron chi connectivity index (χ4n) is 4.38. The zero-order chi connectivity index (χ0) is 22.7. The molecule has 2 aliphatic heterocycles. The summed E-state index contributed by atoms with van der Waals surface area (Å²) >= 11 is 0. The molecular weight excluding hydrogens is 416 g/mol. The number of benzene rings is 2. The molecule has 0 spiro atoms. The molecule has 32 heavy (non-hydrogen) atoms. The van der Waals surface area contributed by atoms with Gasteiger partial charge in [0.15, 0.2) is 11.5 Å². The van der Waals surface area contributed by atoms with Crippen LogP contribution in [-0.4, -0.2) is 74.1 Å². The van der Waals surface area contributed by atoms with E-state index in [2.05, 4.69) is 9.80 Å². The molecule has 0 saturated carbocycles. The number of rotatable bonds is 6. The van der Waals surface area contributed by atoms with Gasteiger partial charge in [0, 0.05) is 57.4 Å². The Morgan fingerprint density at radius 2 is 1.56 bits per heavy atom. The number of piperazine rings is 1. The van der Waals surface area contributed by atoms with E-state index in [1.807, 2.05) is 17.0 Å². The number of hydrogen-bond acceptors (Lipinski definition) is 5. The van der Waals surface area contributed by atoms with Crippen molar-refractivity contribution in [2.24, 2.45) is 0 Å². The number of fused-ring (bicyclic) bond motifs is 1. The quantitative estimate of drug-likeness (QED) is 0.684. The Balaban J connectivity index is 1.29. The van der Waals surface area contributed by atoms with Gasteiger partial charge in [-0.15, -0.1) is 0 Å². The molecule has 0 radical (unpaired) electrons. The van der Waals surface area contributed by atoms with Crippen LogP contribution in [0, 0.1) is 11.6 Å². The fourth-order valence-corrected chi connectivity index (χ4v) is 4.38. The lowest BCUT2D eigenvalue weighted by Gasteiger charge is -2.36. The summed E-state index contributed by atoms with van der Waals surface area (Å²) in [6, 6.07) is 7.67. The zero-order valence-electron chi connectivity index (χ0n) is 18.6. The third-order valence-electron chi connectivity index (χ3n) is 6.30. The average Bonchev–Trinajstić information content (AvgIpc) is 2.80. The van der Waals surface area contributed by atoms with Gasteiger partial charge in [0.1, 0.15) is 11.6 Å². The lowest BCUT2D eigenvalue weighted by Crippen LogP contribution is -2.50. The van der Waals surface area contributed by atoms with E-state index in [4.69, 9.17) is 9.47 Å².